The number of aromatic nitrogens is 2. The molecule has 1 N–H and O–H groups in total. The second-order valence-electron chi connectivity index (χ2n) is 7.14. The Labute approximate surface area is 176 Å². The van der Waals surface area contributed by atoms with Crippen molar-refractivity contribution in [3.8, 4) is 11.4 Å². The summed E-state index contributed by atoms with van der Waals surface area (Å²) in [7, 11) is 0. The van der Waals surface area contributed by atoms with E-state index in [0.717, 1.165) is 49.8 Å². The Morgan fingerprint density at radius 3 is 2.77 bits per heavy atom. The van der Waals surface area contributed by atoms with Gasteiger partial charge in [0.15, 0.2) is 0 Å². The van der Waals surface area contributed by atoms with Crippen LogP contribution in [0.25, 0.3) is 5.69 Å². The quantitative estimate of drug-likeness (QED) is 0.623. The van der Waals surface area contributed by atoms with E-state index in [2.05, 4.69) is 15.3 Å². The second-order valence-corrected chi connectivity index (χ2v) is 7.14. The van der Waals surface area contributed by atoms with Gasteiger partial charge in [-0.3, -0.25) is 9.69 Å². The highest BCUT2D eigenvalue weighted by Gasteiger charge is 2.11. The minimum Gasteiger partial charge on any atom is -0.492 e. The molecule has 1 aromatic heterocycles. The Morgan fingerprint density at radius 2 is 1.93 bits per heavy atom. The Morgan fingerprint density at radius 1 is 1.10 bits per heavy atom. The fourth-order valence-electron chi connectivity index (χ4n) is 3.31. The van der Waals surface area contributed by atoms with E-state index < -0.39 is 0 Å². The van der Waals surface area contributed by atoms with Crippen LogP contribution in [0.5, 0.6) is 5.75 Å². The van der Waals surface area contributed by atoms with E-state index in [0.29, 0.717) is 18.7 Å². The summed E-state index contributed by atoms with van der Waals surface area (Å²) in [4.78, 5) is 14.8. The third kappa shape index (κ3) is 5.46. The summed E-state index contributed by atoms with van der Waals surface area (Å²) < 4.78 is 12.9. The average Bonchev–Trinajstić information content (AvgIpc) is 3.30. The minimum atomic E-state index is -0.157. The molecule has 1 saturated heterocycles. The first-order valence-corrected chi connectivity index (χ1v) is 10.2. The molecule has 0 spiro atoms. The van der Waals surface area contributed by atoms with Crippen LogP contribution in [0.1, 0.15) is 15.9 Å². The van der Waals surface area contributed by atoms with E-state index in [4.69, 9.17) is 9.47 Å². The average molecular weight is 406 g/mol. The predicted molar refractivity (Wildman–Crippen MR) is 114 cm³/mol. The fraction of sp³-hybridized carbons (Fsp3) is 0.304. The molecule has 1 aliphatic heterocycles. The molecule has 7 nitrogen and oxygen atoms in total. The van der Waals surface area contributed by atoms with Gasteiger partial charge >= 0.3 is 0 Å². The monoisotopic (exact) mass is 406 g/mol. The van der Waals surface area contributed by atoms with Gasteiger partial charge in [-0.1, -0.05) is 30.3 Å². The van der Waals surface area contributed by atoms with Gasteiger partial charge < -0.3 is 14.8 Å². The van der Waals surface area contributed by atoms with E-state index in [9.17, 15) is 4.79 Å². The minimum absolute atomic E-state index is 0.157. The van der Waals surface area contributed by atoms with Crippen molar-refractivity contribution in [2.75, 3.05) is 39.5 Å². The van der Waals surface area contributed by atoms with Gasteiger partial charge in [0, 0.05) is 32.4 Å². The Hall–Kier alpha value is -3.16. The maximum atomic E-state index is 12.5. The number of nitrogens with zero attached hydrogens (tertiary/aromatic N) is 3. The number of morpholine rings is 1. The molecule has 7 heteroatoms. The Balaban J connectivity index is 1.27. The molecule has 4 rings (SSSR count). The van der Waals surface area contributed by atoms with Gasteiger partial charge in [0.25, 0.3) is 5.91 Å². The number of para-hydroxylation sites is 1. The van der Waals surface area contributed by atoms with Crippen molar-refractivity contribution >= 4 is 5.91 Å². The number of ether oxygens (including phenoxy) is 2. The molecule has 0 bridgehead atoms. The van der Waals surface area contributed by atoms with Crippen molar-refractivity contribution in [2.45, 2.75) is 6.54 Å². The van der Waals surface area contributed by atoms with E-state index in [-0.39, 0.29) is 5.91 Å². The first-order chi connectivity index (χ1) is 14.8. The van der Waals surface area contributed by atoms with E-state index in [1.165, 1.54) is 0 Å². The van der Waals surface area contributed by atoms with Crippen LogP contribution in [-0.4, -0.2) is 60.0 Å². The number of benzene rings is 2. The SMILES string of the molecule is O=C(NCc1cccc(OCCN2CCOCC2)c1)c1cnn(-c2ccccc2)c1. The van der Waals surface area contributed by atoms with E-state index in [1.54, 1.807) is 17.1 Å². The van der Waals surface area contributed by atoms with Crippen LogP contribution < -0.4 is 10.1 Å². The van der Waals surface area contributed by atoms with Crippen molar-refractivity contribution in [1.82, 2.24) is 20.0 Å². The van der Waals surface area contributed by atoms with Crippen molar-refractivity contribution in [3.63, 3.8) is 0 Å². The number of nitrogens with one attached hydrogen (secondary N) is 1. The number of rotatable bonds is 8. The summed E-state index contributed by atoms with van der Waals surface area (Å²) >= 11 is 0. The molecular weight excluding hydrogens is 380 g/mol. The first-order valence-electron chi connectivity index (χ1n) is 10.2. The maximum absolute atomic E-state index is 12.5. The molecule has 0 radical (unpaired) electrons. The van der Waals surface area contributed by atoms with Gasteiger partial charge in [0.05, 0.1) is 30.7 Å². The molecule has 1 amide bonds. The summed E-state index contributed by atoms with van der Waals surface area (Å²) in [6.07, 6.45) is 3.31. The van der Waals surface area contributed by atoms with Crippen LogP contribution in [0, 0.1) is 0 Å². The first kappa shape index (κ1) is 20.1. The lowest BCUT2D eigenvalue weighted by Crippen LogP contribution is -2.38. The van der Waals surface area contributed by atoms with Gasteiger partial charge in [-0.2, -0.15) is 5.10 Å². The summed E-state index contributed by atoms with van der Waals surface area (Å²) in [5, 5.41) is 7.22. The highest BCUT2D eigenvalue weighted by Crippen LogP contribution is 2.14. The largest absolute Gasteiger partial charge is 0.492 e. The molecule has 0 saturated carbocycles. The fourth-order valence-corrected chi connectivity index (χ4v) is 3.31. The van der Waals surface area contributed by atoms with Crippen LogP contribution in [0.4, 0.5) is 0 Å². The lowest BCUT2D eigenvalue weighted by molar-refractivity contribution is 0.0322. The predicted octanol–water partition coefficient (Wildman–Crippen LogP) is 2.51. The van der Waals surface area contributed by atoms with Gasteiger partial charge in [-0.15, -0.1) is 0 Å². The Kier molecular flexibility index (Phi) is 6.74. The highest BCUT2D eigenvalue weighted by molar-refractivity contribution is 5.93. The molecule has 156 valence electrons. The molecule has 2 aromatic carbocycles. The van der Waals surface area contributed by atoms with Crippen LogP contribution in [0.15, 0.2) is 67.0 Å². The van der Waals surface area contributed by atoms with E-state index in [1.807, 2.05) is 54.6 Å². The number of hydrogen-bond donors (Lipinski definition) is 1. The zero-order valence-corrected chi connectivity index (χ0v) is 16.9. The van der Waals surface area contributed by atoms with Gasteiger partial charge in [-0.05, 0) is 29.8 Å². The molecular formula is C23H26N4O3. The van der Waals surface area contributed by atoms with E-state index >= 15 is 0 Å². The third-order valence-corrected chi connectivity index (χ3v) is 5.00. The number of carbonyl (C=O) groups excluding carboxylic acids is 1. The smallest absolute Gasteiger partial charge is 0.254 e. The standard InChI is InChI=1S/C23H26N4O3/c28-23(20-17-25-27(18-20)21-6-2-1-3-7-21)24-16-19-5-4-8-22(15-19)30-14-11-26-9-12-29-13-10-26/h1-8,15,17-18H,9-14,16H2,(H,24,28). The molecule has 2 heterocycles. The van der Waals surface area contributed by atoms with Crippen LogP contribution in [-0.2, 0) is 11.3 Å². The van der Waals surface area contributed by atoms with Gasteiger partial charge in [0.1, 0.15) is 12.4 Å². The summed E-state index contributed by atoms with van der Waals surface area (Å²) in [6, 6.07) is 17.5. The summed E-state index contributed by atoms with van der Waals surface area (Å²) in [6.45, 7) is 5.44. The van der Waals surface area contributed by atoms with Crippen LogP contribution in [0.2, 0.25) is 0 Å². The molecule has 0 aliphatic carbocycles. The van der Waals surface area contributed by atoms with Crippen LogP contribution >= 0.6 is 0 Å². The lowest BCUT2D eigenvalue weighted by atomic mass is 10.2. The molecule has 1 aliphatic rings. The highest BCUT2D eigenvalue weighted by atomic mass is 16.5. The molecule has 30 heavy (non-hydrogen) atoms. The van der Waals surface area contributed by atoms with Gasteiger partial charge in [0.2, 0.25) is 0 Å². The summed E-state index contributed by atoms with van der Waals surface area (Å²) in [5.41, 5.74) is 2.43. The van der Waals surface area contributed by atoms with Crippen molar-refractivity contribution < 1.29 is 14.3 Å². The second kappa shape index (κ2) is 10.0. The zero-order chi connectivity index (χ0) is 20.6. The lowest BCUT2D eigenvalue weighted by Gasteiger charge is -2.26. The Bertz CT molecular complexity index is 952. The number of carbonyl (C=O) groups is 1. The summed E-state index contributed by atoms with van der Waals surface area (Å²) in [5.74, 6) is 0.655. The van der Waals surface area contributed by atoms with Crippen molar-refractivity contribution in [3.05, 3.63) is 78.1 Å². The normalized spacial score (nSPS) is 14.4. The maximum Gasteiger partial charge on any atom is 0.254 e. The topological polar surface area (TPSA) is 68.6 Å². The van der Waals surface area contributed by atoms with Crippen LogP contribution in [0.3, 0.4) is 0 Å². The van der Waals surface area contributed by atoms with Crippen molar-refractivity contribution in [1.29, 1.82) is 0 Å². The number of hydrogen-bond acceptors (Lipinski definition) is 5. The zero-order valence-electron chi connectivity index (χ0n) is 16.9. The molecule has 0 atom stereocenters. The number of amides is 1. The van der Waals surface area contributed by atoms with Crippen molar-refractivity contribution in [2.24, 2.45) is 0 Å². The third-order valence-electron chi connectivity index (χ3n) is 5.00. The van der Waals surface area contributed by atoms with Gasteiger partial charge in [-0.25, -0.2) is 4.68 Å². The molecule has 1 fully saturated rings. The molecule has 0 unspecified atom stereocenters. The molecule has 3 aromatic rings.